The molecular weight excluding hydrogens is 437 g/mol. The first kappa shape index (κ1) is 22.0. The molecule has 2 aliphatic rings. The number of hydrogen-bond acceptors (Lipinski definition) is 5. The number of urea groups is 1. The predicted molar refractivity (Wildman–Crippen MR) is 124 cm³/mol. The molecule has 0 radical (unpaired) electrons. The van der Waals surface area contributed by atoms with Crippen molar-refractivity contribution in [3.63, 3.8) is 0 Å². The molecule has 4 heterocycles. The molecule has 2 aromatic heterocycles. The summed E-state index contributed by atoms with van der Waals surface area (Å²) in [5, 5.41) is 11.2. The highest BCUT2D eigenvalue weighted by Gasteiger charge is 2.25. The van der Waals surface area contributed by atoms with E-state index >= 15 is 0 Å². The predicted octanol–water partition coefficient (Wildman–Crippen LogP) is 3.11. The van der Waals surface area contributed by atoms with Gasteiger partial charge >= 0.3 is 6.03 Å². The van der Waals surface area contributed by atoms with Crippen molar-refractivity contribution in [1.29, 1.82) is 0 Å². The Balaban J connectivity index is 1.37. The number of pyridine rings is 1. The molecule has 9 nitrogen and oxygen atoms in total. The van der Waals surface area contributed by atoms with E-state index in [0.717, 1.165) is 42.8 Å². The van der Waals surface area contributed by atoms with Gasteiger partial charge in [-0.15, -0.1) is 10.2 Å². The summed E-state index contributed by atoms with van der Waals surface area (Å²) < 4.78 is 16.9. The van der Waals surface area contributed by atoms with E-state index in [9.17, 15) is 14.0 Å². The normalized spacial score (nSPS) is 14.9. The maximum atomic E-state index is 14.8. The highest BCUT2D eigenvalue weighted by atomic mass is 19.1. The van der Waals surface area contributed by atoms with Crippen LogP contribution in [-0.2, 0) is 25.9 Å². The molecule has 1 N–H and O–H groups in total. The number of aromatic nitrogens is 4. The number of anilines is 1. The van der Waals surface area contributed by atoms with Crippen LogP contribution in [0.15, 0.2) is 30.3 Å². The zero-order chi connectivity index (χ0) is 23.8. The summed E-state index contributed by atoms with van der Waals surface area (Å²) in [5.74, 6) is 0.722. The summed E-state index contributed by atoms with van der Waals surface area (Å²) in [4.78, 5) is 33.0. The van der Waals surface area contributed by atoms with Gasteiger partial charge in [0.25, 0.3) is 5.91 Å². The van der Waals surface area contributed by atoms with Crippen molar-refractivity contribution in [2.45, 2.75) is 38.8 Å². The topological polar surface area (TPSA) is 96.3 Å². The van der Waals surface area contributed by atoms with E-state index in [1.807, 2.05) is 6.07 Å². The van der Waals surface area contributed by atoms with Crippen molar-refractivity contribution in [2.75, 3.05) is 26.0 Å². The SMILES string of the molecule is CN(C)C(=O)N1CCc2cc(F)c(C(=O)Nc3cccc(-c4nnc5n4CCCC5)n3)cc2C1. The zero-order valence-corrected chi connectivity index (χ0v) is 19.2. The highest BCUT2D eigenvalue weighted by Crippen LogP contribution is 2.25. The van der Waals surface area contributed by atoms with Gasteiger partial charge in [0.15, 0.2) is 5.82 Å². The molecule has 0 bridgehead atoms. The molecule has 0 saturated carbocycles. The summed E-state index contributed by atoms with van der Waals surface area (Å²) >= 11 is 0. The molecule has 0 atom stereocenters. The monoisotopic (exact) mass is 463 g/mol. The molecule has 0 saturated heterocycles. The van der Waals surface area contributed by atoms with Gasteiger partial charge in [-0.1, -0.05) is 6.07 Å². The Morgan fingerprint density at radius 2 is 1.91 bits per heavy atom. The summed E-state index contributed by atoms with van der Waals surface area (Å²) in [6.45, 7) is 1.68. The maximum absolute atomic E-state index is 14.8. The molecule has 10 heteroatoms. The van der Waals surface area contributed by atoms with E-state index in [-0.39, 0.29) is 11.6 Å². The molecule has 176 valence electrons. The van der Waals surface area contributed by atoms with Crippen molar-refractivity contribution in [1.82, 2.24) is 29.5 Å². The van der Waals surface area contributed by atoms with E-state index in [0.29, 0.717) is 36.8 Å². The third-order valence-electron chi connectivity index (χ3n) is 6.28. The van der Waals surface area contributed by atoms with Gasteiger partial charge in [0.1, 0.15) is 23.2 Å². The fraction of sp³-hybridized carbons (Fsp3) is 0.375. The molecule has 0 fully saturated rings. The molecule has 0 unspecified atom stereocenters. The summed E-state index contributed by atoms with van der Waals surface area (Å²) in [6.07, 6.45) is 3.58. The van der Waals surface area contributed by atoms with Gasteiger partial charge < -0.3 is 19.7 Å². The van der Waals surface area contributed by atoms with Crippen LogP contribution in [0.4, 0.5) is 15.0 Å². The van der Waals surface area contributed by atoms with Crippen LogP contribution < -0.4 is 5.32 Å². The van der Waals surface area contributed by atoms with Crippen LogP contribution >= 0.6 is 0 Å². The largest absolute Gasteiger partial charge is 0.331 e. The van der Waals surface area contributed by atoms with Gasteiger partial charge in [-0.25, -0.2) is 14.2 Å². The Morgan fingerprint density at radius 3 is 2.74 bits per heavy atom. The Bertz CT molecular complexity index is 1270. The van der Waals surface area contributed by atoms with Gasteiger partial charge in [-0.3, -0.25) is 4.79 Å². The number of benzene rings is 1. The average Bonchev–Trinajstić information content (AvgIpc) is 3.27. The number of nitrogens with zero attached hydrogens (tertiary/aromatic N) is 6. The lowest BCUT2D eigenvalue weighted by Gasteiger charge is -2.31. The third kappa shape index (κ3) is 4.11. The number of nitrogens with one attached hydrogen (secondary N) is 1. The molecular formula is C24H26FN7O2. The summed E-state index contributed by atoms with van der Waals surface area (Å²) in [7, 11) is 3.38. The lowest BCUT2D eigenvalue weighted by Crippen LogP contribution is -2.42. The molecule has 0 aliphatic carbocycles. The number of fused-ring (bicyclic) bond motifs is 2. The van der Waals surface area contributed by atoms with E-state index in [1.165, 1.54) is 17.0 Å². The average molecular weight is 464 g/mol. The van der Waals surface area contributed by atoms with Crippen molar-refractivity contribution in [2.24, 2.45) is 0 Å². The van der Waals surface area contributed by atoms with Crippen molar-refractivity contribution in [3.05, 3.63) is 58.7 Å². The van der Waals surface area contributed by atoms with Crippen LogP contribution in [0.1, 0.15) is 40.2 Å². The summed E-state index contributed by atoms with van der Waals surface area (Å²) in [5.41, 5.74) is 2.10. The Kier molecular flexibility index (Phi) is 5.72. The molecule has 2 aliphatic heterocycles. The van der Waals surface area contributed by atoms with Crippen LogP contribution in [0, 0.1) is 5.82 Å². The van der Waals surface area contributed by atoms with Crippen LogP contribution in [0.2, 0.25) is 0 Å². The van der Waals surface area contributed by atoms with Crippen molar-refractivity contribution in [3.8, 4) is 11.5 Å². The number of carbonyl (C=O) groups excluding carboxylic acids is 2. The maximum Gasteiger partial charge on any atom is 0.319 e. The second-order valence-electron chi connectivity index (χ2n) is 8.86. The second-order valence-corrected chi connectivity index (χ2v) is 8.86. The van der Waals surface area contributed by atoms with Gasteiger partial charge in [-0.2, -0.15) is 0 Å². The Labute approximate surface area is 196 Å². The smallest absolute Gasteiger partial charge is 0.319 e. The molecule has 1 aromatic carbocycles. The Morgan fingerprint density at radius 1 is 1.06 bits per heavy atom. The fourth-order valence-corrected chi connectivity index (χ4v) is 4.51. The highest BCUT2D eigenvalue weighted by molar-refractivity contribution is 6.04. The first-order chi connectivity index (χ1) is 16.4. The van der Waals surface area contributed by atoms with Gasteiger partial charge in [0.2, 0.25) is 0 Å². The first-order valence-electron chi connectivity index (χ1n) is 11.4. The first-order valence-corrected chi connectivity index (χ1v) is 11.4. The minimum absolute atomic E-state index is 0.0787. The van der Waals surface area contributed by atoms with Crippen molar-refractivity contribution >= 4 is 17.8 Å². The van der Waals surface area contributed by atoms with E-state index in [2.05, 4.69) is 25.1 Å². The number of rotatable bonds is 3. The quantitative estimate of drug-likeness (QED) is 0.644. The summed E-state index contributed by atoms with van der Waals surface area (Å²) in [6, 6.07) is 8.07. The number of amides is 3. The molecule has 5 rings (SSSR count). The number of halogens is 1. The molecule has 3 aromatic rings. The number of aryl methyl sites for hydroxylation is 1. The van der Waals surface area contributed by atoms with Gasteiger partial charge in [0, 0.05) is 40.2 Å². The second kappa shape index (κ2) is 8.85. The minimum atomic E-state index is -0.593. The fourth-order valence-electron chi connectivity index (χ4n) is 4.51. The van der Waals surface area contributed by atoms with E-state index < -0.39 is 11.7 Å². The van der Waals surface area contributed by atoms with Crippen LogP contribution in [0.5, 0.6) is 0 Å². The Hall–Kier alpha value is -3.82. The van der Waals surface area contributed by atoms with Crippen LogP contribution in [-0.4, -0.2) is 62.1 Å². The molecule has 3 amide bonds. The molecule has 34 heavy (non-hydrogen) atoms. The van der Waals surface area contributed by atoms with Gasteiger partial charge in [-0.05, 0) is 54.7 Å². The molecule has 0 spiro atoms. The third-order valence-corrected chi connectivity index (χ3v) is 6.28. The van der Waals surface area contributed by atoms with Crippen molar-refractivity contribution < 1.29 is 14.0 Å². The lowest BCUT2D eigenvalue weighted by molar-refractivity contribution is 0.102. The number of carbonyl (C=O) groups is 2. The van der Waals surface area contributed by atoms with E-state index in [1.54, 1.807) is 31.1 Å². The number of hydrogen-bond donors (Lipinski definition) is 1. The lowest BCUT2D eigenvalue weighted by atomic mass is 9.96. The van der Waals surface area contributed by atoms with E-state index in [4.69, 9.17) is 0 Å². The van der Waals surface area contributed by atoms with Crippen LogP contribution in [0.3, 0.4) is 0 Å². The zero-order valence-electron chi connectivity index (χ0n) is 19.2. The van der Waals surface area contributed by atoms with Crippen LogP contribution in [0.25, 0.3) is 11.5 Å². The minimum Gasteiger partial charge on any atom is -0.331 e. The van der Waals surface area contributed by atoms with Gasteiger partial charge in [0.05, 0.1) is 5.56 Å². The standard InChI is InChI=1S/C24H26FN7O2/c1-30(2)24(34)31-11-9-15-13-18(25)17(12-16(15)14-31)23(33)27-20-7-5-6-19(26-20)22-29-28-21-8-3-4-10-32(21)22/h5-7,12-13H,3-4,8-11,14H2,1-2H3,(H,26,27,33).